The Bertz CT molecular complexity index is 929. The molecular formula is C18H14N4O2S. The van der Waals surface area contributed by atoms with Gasteiger partial charge in [0.25, 0.3) is 5.22 Å². The Labute approximate surface area is 148 Å². The number of aryl methyl sites for hydroxylation is 1. The molecule has 124 valence electrons. The van der Waals surface area contributed by atoms with E-state index in [1.165, 1.54) is 0 Å². The maximum Gasteiger partial charge on any atom is 0.286 e. The molecule has 0 aliphatic carbocycles. The molecule has 0 bridgehead atoms. The summed E-state index contributed by atoms with van der Waals surface area (Å²) >= 11 is 1.14. The van der Waals surface area contributed by atoms with Gasteiger partial charge in [0.05, 0.1) is 17.0 Å². The number of amides is 1. The van der Waals surface area contributed by atoms with Crippen LogP contribution in [0.5, 0.6) is 0 Å². The lowest BCUT2D eigenvalue weighted by atomic mass is 10.1. The van der Waals surface area contributed by atoms with Crippen molar-refractivity contribution < 1.29 is 9.32 Å². The Morgan fingerprint density at radius 3 is 2.76 bits per heavy atom. The third kappa shape index (κ3) is 4.25. The number of para-hydroxylation sites is 1. The molecule has 1 amide bonds. The first-order chi connectivity index (χ1) is 12.2. The fraction of sp³-hybridized carbons (Fsp3) is 0.111. The molecule has 0 aliphatic heterocycles. The van der Waals surface area contributed by atoms with Crippen LogP contribution < -0.4 is 5.32 Å². The summed E-state index contributed by atoms with van der Waals surface area (Å²) in [7, 11) is 0. The van der Waals surface area contributed by atoms with Gasteiger partial charge in [-0.1, -0.05) is 58.9 Å². The van der Waals surface area contributed by atoms with Crippen LogP contribution in [0.3, 0.4) is 0 Å². The number of rotatable bonds is 5. The van der Waals surface area contributed by atoms with Gasteiger partial charge in [-0.2, -0.15) is 10.2 Å². The van der Waals surface area contributed by atoms with Crippen LogP contribution in [0.25, 0.3) is 11.4 Å². The van der Waals surface area contributed by atoms with Crippen LogP contribution in [0.15, 0.2) is 58.3 Å². The van der Waals surface area contributed by atoms with E-state index in [0.717, 1.165) is 22.9 Å². The second kappa shape index (κ2) is 7.64. The molecular weight excluding hydrogens is 336 g/mol. The molecule has 0 spiro atoms. The lowest BCUT2D eigenvalue weighted by Gasteiger charge is -2.05. The zero-order chi connectivity index (χ0) is 17.6. The molecule has 3 rings (SSSR count). The first-order valence-corrected chi connectivity index (χ1v) is 8.47. The van der Waals surface area contributed by atoms with E-state index >= 15 is 0 Å². The molecule has 0 radical (unpaired) electrons. The molecule has 25 heavy (non-hydrogen) atoms. The topological polar surface area (TPSA) is 91.8 Å². The summed E-state index contributed by atoms with van der Waals surface area (Å²) in [4.78, 5) is 16.3. The summed E-state index contributed by atoms with van der Waals surface area (Å²) in [5.74, 6) is 0.343. The van der Waals surface area contributed by atoms with E-state index in [1.54, 1.807) is 24.3 Å². The third-order valence-electron chi connectivity index (χ3n) is 3.37. The van der Waals surface area contributed by atoms with Crippen LogP contribution in [-0.4, -0.2) is 21.8 Å². The van der Waals surface area contributed by atoms with Crippen LogP contribution >= 0.6 is 11.8 Å². The zero-order valence-electron chi connectivity index (χ0n) is 13.4. The van der Waals surface area contributed by atoms with Crippen LogP contribution in [0.1, 0.15) is 11.1 Å². The molecule has 0 saturated carbocycles. The Morgan fingerprint density at radius 1 is 1.24 bits per heavy atom. The highest BCUT2D eigenvalue weighted by molar-refractivity contribution is 7.99. The lowest BCUT2D eigenvalue weighted by molar-refractivity contribution is -0.113. The summed E-state index contributed by atoms with van der Waals surface area (Å²) in [6.07, 6.45) is 0. The lowest BCUT2D eigenvalue weighted by Crippen LogP contribution is -2.14. The van der Waals surface area contributed by atoms with Gasteiger partial charge in [-0.3, -0.25) is 4.79 Å². The van der Waals surface area contributed by atoms with Crippen LogP contribution in [0.4, 0.5) is 5.69 Å². The minimum absolute atomic E-state index is 0.106. The molecule has 0 unspecified atom stereocenters. The number of carbonyl (C=O) groups is 1. The second-order valence-electron chi connectivity index (χ2n) is 5.24. The molecule has 1 N–H and O–H groups in total. The minimum Gasteiger partial charge on any atom is -0.327 e. The Balaban J connectivity index is 1.59. The van der Waals surface area contributed by atoms with Crippen molar-refractivity contribution in [1.82, 2.24) is 10.1 Å². The SMILES string of the molecule is Cc1ccc(-c2noc(SCC(=O)Nc3ccccc3C#N)n2)cc1. The van der Waals surface area contributed by atoms with Crippen molar-refractivity contribution in [1.29, 1.82) is 5.26 Å². The number of hydrogen-bond donors (Lipinski definition) is 1. The van der Waals surface area contributed by atoms with Gasteiger partial charge in [0, 0.05) is 5.56 Å². The third-order valence-corrected chi connectivity index (χ3v) is 4.18. The van der Waals surface area contributed by atoms with E-state index < -0.39 is 0 Å². The van der Waals surface area contributed by atoms with Gasteiger partial charge < -0.3 is 9.84 Å². The van der Waals surface area contributed by atoms with Gasteiger partial charge in [-0.05, 0) is 19.1 Å². The van der Waals surface area contributed by atoms with E-state index in [1.807, 2.05) is 37.3 Å². The van der Waals surface area contributed by atoms with Crippen LogP contribution in [0.2, 0.25) is 0 Å². The number of hydrogen-bond acceptors (Lipinski definition) is 6. The molecule has 0 aliphatic rings. The first-order valence-electron chi connectivity index (χ1n) is 7.48. The highest BCUT2D eigenvalue weighted by Gasteiger charge is 2.12. The van der Waals surface area contributed by atoms with E-state index in [-0.39, 0.29) is 11.7 Å². The average Bonchev–Trinajstić information content (AvgIpc) is 3.10. The number of aromatic nitrogens is 2. The maximum atomic E-state index is 12.0. The standard InChI is InChI=1S/C18H14N4O2S/c1-12-6-8-13(9-7-12)17-21-18(24-22-17)25-11-16(23)20-15-5-3-2-4-14(15)10-19/h2-9H,11H2,1H3,(H,20,23). The van der Waals surface area contributed by atoms with Crippen molar-refractivity contribution in [3.63, 3.8) is 0 Å². The van der Waals surface area contributed by atoms with Crippen molar-refractivity contribution in [3.05, 3.63) is 59.7 Å². The largest absolute Gasteiger partial charge is 0.327 e. The quantitative estimate of drug-likeness (QED) is 0.706. The molecule has 0 atom stereocenters. The summed E-state index contributed by atoms with van der Waals surface area (Å²) in [6, 6.07) is 16.6. The van der Waals surface area contributed by atoms with Crippen molar-refractivity contribution >= 4 is 23.4 Å². The van der Waals surface area contributed by atoms with Crippen molar-refractivity contribution in [2.75, 3.05) is 11.1 Å². The monoisotopic (exact) mass is 350 g/mol. The number of nitriles is 1. The summed E-state index contributed by atoms with van der Waals surface area (Å²) in [6.45, 7) is 2.00. The van der Waals surface area contributed by atoms with E-state index in [0.29, 0.717) is 22.3 Å². The van der Waals surface area contributed by atoms with Gasteiger partial charge in [0.1, 0.15) is 6.07 Å². The predicted octanol–water partition coefficient (Wildman–Crippen LogP) is 3.65. The van der Waals surface area contributed by atoms with E-state index in [9.17, 15) is 4.79 Å². The summed E-state index contributed by atoms with van der Waals surface area (Å²) in [5.41, 5.74) is 2.91. The van der Waals surface area contributed by atoms with Crippen molar-refractivity contribution in [2.45, 2.75) is 12.1 Å². The van der Waals surface area contributed by atoms with E-state index in [4.69, 9.17) is 9.78 Å². The number of carbonyl (C=O) groups excluding carboxylic acids is 1. The molecule has 2 aromatic carbocycles. The molecule has 1 heterocycles. The smallest absolute Gasteiger partial charge is 0.286 e. The van der Waals surface area contributed by atoms with Gasteiger partial charge in [-0.15, -0.1) is 0 Å². The number of thioether (sulfide) groups is 1. The summed E-state index contributed by atoms with van der Waals surface area (Å²) < 4.78 is 5.16. The molecule has 0 fully saturated rings. The number of nitrogens with one attached hydrogen (secondary N) is 1. The van der Waals surface area contributed by atoms with Crippen LogP contribution in [0, 0.1) is 18.3 Å². The number of benzene rings is 2. The Kier molecular flexibility index (Phi) is 5.11. The molecule has 1 aromatic heterocycles. The molecule has 3 aromatic rings. The number of nitrogens with zero attached hydrogens (tertiary/aromatic N) is 3. The molecule has 0 saturated heterocycles. The summed E-state index contributed by atoms with van der Waals surface area (Å²) in [5, 5.41) is 16.0. The highest BCUT2D eigenvalue weighted by atomic mass is 32.2. The fourth-order valence-electron chi connectivity index (χ4n) is 2.09. The van der Waals surface area contributed by atoms with Crippen LogP contribution in [-0.2, 0) is 4.79 Å². The first kappa shape index (κ1) is 16.7. The minimum atomic E-state index is -0.247. The number of anilines is 1. The molecule has 6 nitrogen and oxygen atoms in total. The van der Waals surface area contributed by atoms with Gasteiger partial charge in [-0.25, -0.2) is 0 Å². The highest BCUT2D eigenvalue weighted by Crippen LogP contribution is 2.22. The average molecular weight is 350 g/mol. The Morgan fingerprint density at radius 2 is 2.00 bits per heavy atom. The van der Waals surface area contributed by atoms with Crippen molar-refractivity contribution in [3.8, 4) is 17.5 Å². The van der Waals surface area contributed by atoms with Gasteiger partial charge in [0.2, 0.25) is 11.7 Å². The molecule has 7 heteroatoms. The van der Waals surface area contributed by atoms with E-state index in [2.05, 4.69) is 15.5 Å². The Hall–Kier alpha value is -3.11. The fourth-order valence-corrected chi connectivity index (χ4v) is 2.66. The zero-order valence-corrected chi connectivity index (χ0v) is 14.2. The maximum absolute atomic E-state index is 12.0. The second-order valence-corrected chi connectivity index (χ2v) is 6.17. The van der Waals surface area contributed by atoms with Gasteiger partial charge in [0.15, 0.2) is 0 Å². The van der Waals surface area contributed by atoms with Gasteiger partial charge >= 0.3 is 0 Å². The normalized spacial score (nSPS) is 10.2. The predicted molar refractivity (Wildman–Crippen MR) is 95.0 cm³/mol. The van der Waals surface area contributed by atoms with Crippen molar-refractivity contribution in [2.24, 2.45) is 0 Å².